The predicted molar refractivity (Wildman–Crippen MR) is 110 cm³/mol. The Kier molecular flexibility index (Phi) is 3.98. The topological polar surface area (TPSA) is 60.2 Å². The minimum Gasteiger partial charge on any atom is -0.436 e. The van der Waals surface area contributed by atoms with Gasteiger partial charge >= 0.3 is 0 Å². The van der Waals surface area contributed by atoms with Crippen LogP contribution in [0.5, 0.6) is 0 Å². The SMILES string of the molecule is O=C1C(=Cc2nc3sc(-c4ccccc4)cc3o2)C(=O)c2c(Cl)ccc(Cl)c21. The van der Waals surface area contributed by atoms with Gasteiger partial charge in [-0.1, -0.05) is 53.5 Å². The molecule has 0 fully saturated rings. The first-order valence-electron chi connectivity index (χ1n) is 8.28. The minimum atomic E-state index is -0.473. The molecular formula is C21H9Cl2NO3S. The number of oxazole rings is 1. The highest BCUT2D eigenvalue weighted by Crippen LogP contribution is 2.38. The van der Waals surface area contributed by atoms with Crippen molar-refractivity contribution in [1.82, 2.24) is 4.98 Å². The Balaban J connectivity index is 1.55. The number of hydrogen-bond acceptors (Lipinski definition) is 5. The molecule has 0 amide bonds. The van der Waals surface area contributed by atoms with E-state index in [2.05, 4.69) is 4.98 Å². The Morgan fingerprint density at radius 1 is 0.929 bits per heavy atom. The van der Waals surface area contributed by atoms with Gasteiger partial charge in [-0.3, -0.25) is 9.59 Å². The van der Waals surface area contributed by atoms with Gasteiger partial charge in [-0.25, -0.2) is 0 Å². The van der Waals surface area contributed by atoms with Crippen molar-refractivity contribution < 1.29 is 14.0 Å². The van der Waals surface area contributed by atoms with Gasteiger partial charge in [0.15, 0.2) is 22.0 Å². The molecule has 7 heteroatoms. The monoisotopic (exact) mass is 425 g/mol. The fourth-order valence-electron chi connectivity index (χ4n) is 3.18. The molecule has 2 aromatic heterocycles. The second kappa shape index (κ2) is 6.41. The number of aromatic nitrogens is 1. The molecule has 4 nitrogen and oxygen atoms in total. The summed E-state index contributed by atoms with van der Waals surface area (Å²) >= 11 is 13.7. The van der Waals surface area contributed by atoms with Crippen molar-refractivity contribution in [3.63, 3.8) is 0 Å². The highest BCUT2D eigenvalue weighted by Gasteiger charge is 2.37. The van der Waals surface area contributed by atoms with E-state index in [9.17, 15) is 9.59 Å². The lowest BCUT2D eigenvalue weighted by Gasteiger charge is -2.00. The highest BCUT2D eigenvalue weighted by molar-refractivity contribution is 7.21. The van der Waals surface area contributed by atoms with Crippen LogP contribution in [0, 0.1) is 0 Å². The summed E-state index contributed by atoms with van der Waals surface area (Å²) in [6, 6.07) is 14.8. The first-order valence-corrected chi connectivity index (χ1v) is 9.85. The van der Waals surface area contributed by atoms with Gasteiger partial charge in [-0.05, 0) is 17.7 Å². The van der Waals surface area contributed by atoms with Gasteiger partial charge in [-0.15, -0.1) is 11.3 Å². The number of allylic oxidation sites excluding steroid dienone is 1. The van der Waals surface area contributed by atoms with Crippen molar-refractivity contribution in [2.45, 2.75) is 0 Å². The molecular weight excluding hydrogens is 417 g/mol. The lowest BCUT2D eigenvalue weighted by atomic mass is 10.1. The van der Waals surface area contributed by atoms with Crippen LogP contribution in [-0.4, -0.2) is 16.6 Å². The van der Waals surface area contributed by atoms with E-state index in [0.717, 1.165) is 10.4 Å². The molecule has 2 aromatic carbocycles. The van der Waals surface area contributed by atoms with E-state index in [1.54, 1.807) is 0 Å². The molecule has 0 N–H and O–H groups in total. The molecule has 4 aromatic rings. The molecule has 1 aliphatic rings. The molecule has 0 bridgehead atoms. The average Bonchev–Trinajstić information content (AvgIpc) is 3.32. The van der Waals surface area contributed by atoms with Gasteiger partial charge < -0.3 is 4.42 Å². The summed E-state index contributed by atoms with van der Waals surface area (Å²) in [7, 11) is 0. The Bertz CT molecular complexity index is 1240. The number of halogens is 2. The second-order valence-electron chi connectivity index (χ2n) is 6.19. The van der Waals surface area contributed by atoms with Crippen LogP contribution < -0.4 is 0 Å². The average molecular weight is 426 g/mol. The summed E-state index contributed by atoms with van der Waals surface area (Å²) in [5.41, 5.74) is 1.88. The van der Waals surface area contributed by atoms with E-state index in [4.69, 9.17) is 27.6 Å². The summed E-state index contributed by atoms with van der Waals surface area (Å²) in [5, 5.41) is 0.393. The van der Waals surface area contributed by atoms with E-state index in [-0.39, 0.29) is 32.6 Å². The number of carbonyl (C=O) groups excluding carboxylic acids is 2. The number of rotatable bonds is 2. The van der Waals surface area contributed by atoms with Crippen LogP contribution in [0.4, 0.5) is 0 Å². The molecule has 0 atom stereocenters. The Labute approximate surface area is 173 Å². The number of nitrogens with zero attached hydrogens (tertiary/aromatic N) is 1. The van der Waals surface area contributed by atoms with Crippen molar-refractivity contribution in [3.8, 4) is 10.4 Å². The van der Waals surface area contributed by atoms with Gasteiger partial charge in [0.05, 0.1) is 26.7 Å². The number of fused-ring (bicyclic) bond motifs is 2. The van der Waals surface area contributed by atoms with Gasteiger partial charge in [0, 0.05) is 17.0 Å². The van der Waals surface area contributed by atoms with E-state index >= 15 is 0 Å². The normalized spacial score (nSPS) is 13.4. The van der Waals surface area contributed by atoms with Crippen LogP contribution in [0.3, 0.4) is 0 Å². The molecule has 0 unspecified atom stereocenters. The third-order valence-corrected chi connectivity index (χ3v) is 6.17. The smallest absolute Gasteiger partial charge is 0.221 e. The van der Waals surface area contributed by atoms with Gasteiger partial charge in [0.1, 0.15) is 0 Å². The third-order valence-electron chi connectivity index (χ3n) is 4.48. The molecule has 0 saturated heterocycles. The second-order valence-corrected chi connectivity index (χ2v) is 8.04. The predicted octanol–water partition coefficient (Wildman–Crippen LogP) is 6.33. The Morgan fingerprint density at radius 2 is 1.57 bits per heavy atom. The number of ketones is 2. The maximum absolute atomic E-state index is 12.7. The summed E-state index contributed by atoms with van der Waals surface area (Å²) in [6.45, 7) is 0. The first-order chi connectivity index (χ1) is 13.5. The largest absolute Gasteiger partial charge is 0.436 e. The van der Waals surface area contributed by atoms with Crippen molar-refractivity contribution in [3.05, 3.63) is 81.2 Å². The van der Waals surface area contributed by atoms with Crippen LogP contribution in [-0.2, 0) is 0 Å². The maximum Gasteiger partial charge on any atom is 0.221 e. The lowest BCUT2D eigenvalue weighted by molar-refractivity contribution is 0.0990. The van der Waals surface area contributed by atoms with E-state index < -0.39 is 11.6 Å². The number of carbonyl (C=O) groups is 2. The standard InChI is InChI=1S/C21H9Cl2NO3S/c22-12-6-7-13(23)18-17(12)19(25)11(20(18)26)8-16-24-21-14(27-16)9-15(28-21)10-4-2-1-3-5-10/h1-9H. The fourth-order valence-corrected chi connectivity index (χ4v) is 4.63. The minimum absolute atomic E-state index is 0.0535. The molecule has 136 valence electrons. The molecule has 0 aliphatic heterocycles. The summed E-state index contributed by atoms with van der Waals surface area (Å²) in [6.07, 6.45) is 1.35. The summed E-state index contributed by atoms with van der Waals surface area (Å²) < 4.78 is 5.74. The van der Waals surface area contributed by atoms with Crippen LogP contribution >= 0.6 is 34.5 Å². The summed E-state index contributed by atoms with van der Waals surface area (Å²) in [5.74, 6) is -0.754. The zero-order valence-electron chi connectivity index (χ0n) is 14.0. The maximum atomic E-state index is 12.7. The zero-order chi connectivity index (χ0) is 19.4. The van der Waals surface area contributed by atoms with Crippen molar-refractivity contribution >= 4 is 62.6 Å². The third kappa shape index (κ3) is 2.63. The van der Waals surface area contributed by atoms with Gasteiger partial charge in [0.25, 0.3) is 0 Å². The molecule has 5 rings (SSSR count). The van der Waals surface area contributed by atoms with Gasteiger partial charge in [-0.2, -0.15) is 4.98 Å². The van der Waals surface area contributed by atoms with Gasteiger partial charge in [0.2, 0.25) is 5.89 Å². The zero-order valence-corrected chi connectivity index (χ0v) is 16.4. The molecule has 0 spiro atoms. The quantitative estimate of drug-likeness (QED) is 0.278. The van der Waals surface area contributed by atoms with Crippen molar-refractivity contribution in [2.24, 2.45) is 0 Å². The van der Waals surface area contributed by atoms with Crippen LogP contribution in [0.25, 0.3) is 26.9 Å². The Morgan fingerprint density at radius 3 is 2.18 bits per heavy atom. The van der Waals surface area contributed by atoms with Crippen LogP contribution in [0.1, 0.15) is 26.6 Å². The first kappa shape index (κ1) is 17.4. The van der Waals surface area contributed by atoms with Crippen molar-refractivity contribution in [2.75, 3.05) is 0 Å². The van der Waals surface area contributed by atoms with E-state index in [1.165, 1.54) is 29.5 Å². The molecule has 0 radical (unpaired) electrons. The van der Waals surface area contributed by atoms with Crippen LogP contribution in [0.2, 0.25) is 10.0 Å². The molecule has 28 heavy (non-hydrogen) atoms. The van der Waals surface area contributed by atoms with Crippen molar-refractivity contribution in [1.29, 1.82) is 0 Å². The summed E-state index contributed by atoms with van der Waals surface area (Å²) in [4.78, 5) is 31.5. The fraction of sp³-hybridized carbons (Fsp3) is 0. The number of Topliss-reactive ketones (excluding diaryl/α,β-unsaturated/α-hetero) is 2. The number of hydrogen-bond donors (Lipinski definition) is 0. The highest BCUT2D eigenvalue weighted by atomic mass is 35.5. The molecule has 1 aliphatic carbocycles. The number of benzene rings is 2. The Hall–Kier alpha value is -2.73. The van der Waals surface area contributed by atoms with E-state index in [0.29, 0.717) is 10.4 Å². The molecule has 0 saturated carbocycles. The number of thiophene rings is 1. The lowest BCUT2D eigenvalue weighted by Crippen LogP contribution is -2.00. The molecule has 2 heterocycles. The van der Waals surface area contributed by atoms with Crippen LogP contribution in [0.15, 0.2) is 58.5 Å². The van der Waals surface area contributed by atoms with E-state index in [1.807, 2.05) is 36.4 Å².